The summed E-state index contributed by atoms with van der Waals surface area (Å²) in [5, 5.41) is 3.34. The summed E-state index contributed by atoms with van der Waals surface area (Å²) in [4.78, 5) is 0. The van der Waals surface area contributed by atoms with Crippen molar-refractivity contribution >= 4 is 6.08 Å². The van der Waals surface area contributed by atoms with Crippen LogP contribution in [-0.4, -0.2) is 13.1 Å². The molecule has 1 fully saturated rings. The van der Waals surface area contributed by atoms with Gasteiger partial charge in [-0.15, -0.1) is 0 Å². The van der Waals surface area contributed by atoms with Crippen molar-refractivity contribution in [3.63, 3.8) is 0 Å². The van der Waals surface area contributed by atoms with Gasteiger partial charge in [0, 0.05) is 0 Å². The fourth-order valence-corrected chi connectivity index (χ4v) is 1.86. The monoisotopic (exact) mass is 205 g/mol. The van der Waals surface area contributed by atoms with Crippen LogP contribution in [0.4, 0.5) is 4.39 Å². The van der Waals surface area contributed by atoms with Crippen molar-refractivity contribution in [2.75, 3.05) is 13.1 Å². The number of piperidine rings is 1. The maximum atomic E-state index is 12.6. The van der Waals surface area contributed by atoms with Crippen LogP contribution in [0.15, 0.2) is 30.3 Å². The third-order valence-electron chi connectivity index (χ3n) is 2.81. The van der Waals surface area contributed by atoms with Gasteiger partial charge in [-0.05, 0) is 49.5 Å². The van der Waals surface area contributed by atoms with Crippen molar-refractivity contribution in [1.82, 2.24) is 5.32 Å². The number of nitrogens with one attached hydrogen (secondary N) is 1. The number of allylic oxidation sites excluding steroid dienone is 1. The van der Waals surface area contributed by atoms with Gasteiger partial charge in [-0.2, -0.15) is 0 Å². The summed E-state index contributed by atoms with van der Waals surface area (Å²) >= 11 is 0. The first kappa shape index (κ1) is 10.4. The highest BCUT2D eigenvalue weighted by molar-refractivity contribution is 5.49. The van der Waals surface area contributed by atoms with Crippen LogP contribution in [0.3, 0.4) is 0 Å². The Labute approximate surface area is 90.0 Å². The van der Waals surface area contributed by atoms with Crippen LogP contribution in [0.5, 0.6) is 0 Å². The standard InChI is InChI=1S/C13H16FN/c14-13-5-3-11(4-6-13)1-2-12-7-9-15-10-8-12/h1-6,12,15H,7-10H2. The first-order valence-electron chi connectivity index (χ1n) is 5.49. The van der Waals surface area contributed by atoms with E-state index >= 15 is 0 Å². The molecule has 1 aliphatic rings. The summed E-state index contributed by atoms with van der Waals surface area (Å²) in [5.41, 5.74) is 1.08. The summed E-state index contributed by atoms with van der Waals surface area (Å²) in [6.45, 7) is 2.22. The molecule has 1 aliphatic heterocycles. The van der Waals surface area contributed by atoms with Gasteiger partial charge in [0.05, 0.1) is 0 Å². The number of hydrogen-bond donors (Lipinski definition) is 1. The highest BCUT2D eigenvalue weighted by Gasteiger charge is 2.08. The summed E-state index contributed by atoms with van der Waals surface area (Å²) in [7, 11) is 0. The number of hydrogen-bond acceptors (Lipinski definition) is 1. The van der Waals surface area contributed by atoms with Gasteiger partial charge in [0.1, 0.15) is 5.82 Å². The van der Waals surface area contributed by atoms with E-state index in [0.29, 0.717) is 5.92 Å². The molecule has 80 valence electrons. The Morgan fingerprint density at radius 1 is 1.13 bits per heavy atom. The van der Waals surface area contributed by atoms with Crippen molar-refractivity contribution < 1.29 is 4.39 Å². The second kappa shape index (κ2) is 5.08. The van der Waals surface area contributed by atoms with Crippen molar-refractivity contribution in [1.29, 1.82) is 0 Å². The summed E-state index contributed by atoms with van der Waals surface area (Å²) in [6, 6.07) is 6.63. The molecule has 15 heavy (non-hydrogen) atoms. The second-order valence-electron chi connectivity index (χ2n) is 4.00. The molecule has 1 nitrogen and oxygen atoms in total. The third-order valence-corrected chi connectivity index (χ3v) is 2.81. The zero-order valence-electron chi connectivity index (χ0n) is 8.75. The summed E-state index contributed by atoms with van der Waals surface area (Å²) < 4.78 is 12.6. The van der Waals surface area contributed by atoms with Gasteiger partial charge in [-0.25, -0.2) is 4.39 Å². The number of rotatable bonds is 2. The third kappa shape index (κ3) is 3.17. The van der Waals surface area contributed by atoms with Gasteiger partial charge < -0.3 is 5.32 Å². The molecule has 2 rings (SSSR count). The van der Waals surface area contributed by atoms with E-state index in [-0.39, 0.29) is 5.82 Å². The van der Waals surface area contributed by atoms with Gasteiger partial charge in [-0.3, -0.25) is 0 Å². The molecule has 1 heterocycles. The van der Waals surface area contributed by atoms with E-state index in [0.717, 1.165) is 18.7 Å². The van der Waals surface area contributed by atoms with E-state index in [4.69, 9.17) is 0 Å². The second-order valence-corrected chi connectivity index (χ2v) is 4.00. The molecule has 2 heteroatoms. The molecule has 0 atom stereocenters. The molecule has 0 bridgehead atoms. The summed E-state index contributed by atoms with van der Waals surface area (Å²) in [5.74, 6) is 0.505. The van der Waals surface area contributed by atoms with Gasteiger partial charge in [0.25, 0.3) is 0 Å². The van der Waals surface area contributed by atoms with E-state index in [1.807, 2.05) is 12.1 Å². The normalized spacial score (nSPS) is 18.5. The minimum Gasteiger partial charge on any atom is -0.317 e. The number of halogens is 1. The minimum atomic E-state index is -0.172. The Hall–Kier alpha value is -1.15. The van der Waals surface area contributed by atoms with Crippen LogP contribution in [0.2, 0.25) is 0 Å². The molecule has 1 N–H and O–H groups in total. The fourth-order valence-electron chi connectivity index (χ4n) is 1.86. The van der Waals surface area contributed by atoms with Crippen LogP contribution < -0.4 is 5.32 Å². The van der Waals surface area contributed by atoms with Gasteiger partial charge in [-0.1, -0.05) is 24.3 Å². The summed E-state index contributed by atoms with van der Waals surface area (Å²) in [6.07, 6.45) is 6.75. The Bertz CT molecular complexity index is 323. The lowest BCUT2D eigenvalue weighted by atomic mass is 9.97. The zero-order chi connectivity index (χ0) is 10.5. The molecule has 0 aromatic heterocycles. The average molecular weight is 205 g/mol. The molecule has 1 aromatic rings. The molecule has 0 unspecified atom stereocenters. The SMILES string of the molecule is Fc1ccc(C=CC2CCNCC2)cc1. The molecular weight excluding hydrogens is 189 g/mol. The van der Waals surface area contributed by atoms with E-state index in [1.165, 1.54) is 25.0 Å². The van der Waals surface area contributed by atoms with Crippen molar-refractivity contribution in [2.24, 2.45) is 5.92 Å². The fraction of sp³-hybridized carbons (Fsp3) is 0.385. The quantitative estimate of drug-likeness (QED) is 0.782. The van der Waals surface area contributed by atoms with Crippen LogP contribution in [0, 0.1) is 11.7 Å². The first-order chi connectivity index (χ1) is 7.34. The Kier molecular flexibility index (Phi) is 3.51. The molecule has 0 amide bonds. The van der Waals surface area contributed by atoms with Gasteiger partial charge >= 0.3 is 0 Å². The van der Waals surface area contributed by atoms with Crippen molar-refractivity contribution in [3.8, 4) is 0 Å². The Balaban J connectivity index is 1.95. The maximum absolute atomic E-state index is 12.6. The molecule has 0 spiro atoms. The Morgan fingerprint density at radius 2 is 1.80 bits per heavy atom. The van der Waals surface area contributed by atoms with Crippen LogP contribution in [-0.2, 0) is 0 Å². The highest BCUT2D eigenvalue weighted by atomic mass is 19.1. The van der Waals surface area contributed by atoms with Crippen LogP contribution in [0.25, 0.3) is 6.08 Å². The molecular formula is C13H16FN. The molecule has 0 saturated carbocycles. The number of benzene rings is 1. The van der Waals surface area contributed by atoms with E-state index in [9.17, 15) is 4.39 Å². The topological polar surface area (TPSA) is 12.0 Å². The Morgan fingerprint density at radius 3 is 2.47 bits per heavy atom. The predicted molar refractivity (Wildman–Crippen MR) is 61.0 cm³/mol. The largest absolute Gasteiger partial charge is 0.317 e. The highest BCUT2D eigenvalue weighted by Crippen LogP contribution is 2.15. The maximum Gasteiger partial charge on any atom is 0.123 e. The van der Waals surface area contributed by atoms with E-state index in [1.54, 1.807) is 0 Å². The molecule has 1 saturated heterocycles. The minimum absolute atomic E-state index is 0.172. The average Bonchev–Trinajstić information content (AvgIpc) is 2.30. The van der Waals surface area contributed by atoms with Crippen molar-refractivity contribution in [3.05, 3.63) is 41.7 Å². The van der Waals surface area contributed by atoms with Crippen LogP contribution >= 0.6 is 0 Å². The van der Waals surface area contributed by atoms with Crippen LogP contribution in [0.1, 0.15) is 18.4 Å². The first-order valence-corrected chi connectivity index (χ1v) is 5.49. The molecule has 0 aliphatic carbocycles. The lowest BCUT2D eigenvalue weighted by Gasteiger charge is -2.19. The molecule has 1 aromatic carbocycles. The van der Waals surface area contributed by atoms with E-state index in [2.05, 4.69) is 17.5 Å². The lowest BCUT2D eigenvalue weighted by molar-refractivity contribution is 0.438. The van der Waals surface area contributed by atoms with E-state index < -0.39 is 0 Å². The predicted octanol–water partition coefficient (Wildman–Crippen LogP) is 2.84. The van der Waals surface area contributed by atoms with Crippen molar-refractivity contribution in [2.45, 2.75) is 12.8 Å². The lowest BCUT2D eigenvalue weighted by Crippen LogP contribution is -2.26. The van der Waals surface area contributed by atoms with Gasteiger partial charge in [0.15, 0.2) is 0 Å². The smallest absolute Gasteiger partial charge is 0.123 e. The van der Waals surface area contributed by atoms with Gasteiger partial charge in [0.2, 0.25) is 0 Å². The zero-order valence-corrected chi connectivity index (χ0v) is 8.75. The molecule has 0 radical (unpaired) electrons.